The average Bonchev–Trinajstić information content (AvgIpc) is 3.00. The molecule has 1 spiro atoms. The predicted molar refractivity (Wildman–Crippen MR) is 104 cm³/mol. The molecule has 0 radical (unpaired) electrons. The Morgan fingerprint density at radius 1 is 1.07 bits per heavy atom. The van der Waals surface area contributed by atoms with Crippen LogP contribution in [0, 0.1) is 5.82 Å². The number of likely N-dealkylation sites (tertiary alicyclic amines) is 1. The van der Waals surface area contributed by atoms with Crippen LogP contribution in [0.25, 0.3) is 0 Å². The van der Waals surface area contributed by atoms with Gasteiger partial charge in [0.05, 0.1) is 6.67 Å². The number of carbonyl (C=O) groups is 2. The number of rotatable bonds is 3. The van der Waals surface area contributed by atoms with Gasteiger partial charge in [0.2, 0.25) is 5.91 Å². The summed E-state index contributed by atoms with van der Waals surface area (Å²) in [5, 5.41) is 3.64. The van der Waals surface area contributed by atoms with Gasteiger partial charge in [0.15, 0.2) is 0 Å². The molecule has 2 aliphatic rings. The van der Waals surface area contributed by atoms with Crippen LogP contribution in [0.15, 0.2) is 48.5 Å². The molecule has 5 nitrogen and oxygen atoms in total. The third-order valence-corrected chi connectivity index (χ3v) is 5.97. The van der Waals surface area contributed by atoms with E-state index in [4.69, 9.17) is 11.6 Å². The van der Waals surface area contributed by atoms with Crippen LogP contribution in [0.4, 0.5) is 4.39 Å². The van der Waals surface area contributed by atoms with Crippen LogP contribution in [0.3, 0.4) is 0 Å². The van der Waals surface area contributed by atoms with Crippen LogP contribution >= 0.6 is 11.6 Å². The highest BCUT2D eigenvalue weighted by atomic mass is 35.5. The molecule has 0 unspecified atom stereocenters. The minimum atomic E-state index is -0.598. The van der Waals surface area contributed by atoms with Gasteiger partial charge < -0.3 is 10.2 Å². The zero-order valence-corrected chi connectivity index (χ0v) is 16.1. The van der Waals surface area contributed by atoms with Crippen LogP contribution in [0.1, 0.15) is 28.8 Å². The van der Waals surface area contributed by atoms with Gasteiger partial charge in [-0.15, -0.1) is 0 Å². The van der Waals surface area contributed by atoms with Crippen molar-refractivity contribution in [3.8, 4) is 0 Å². The zero-order chi connectivity index (χ0) is 19.7. The lowest BCUT2D eigenvalue weighted by Gasteiger charge is -2.42. The smallest absolute Gasteiger partial charge is 0.253 e. The number of amides is 2. The van der Waals surface area contributed by atoms with Crippen molar-refractivity contribution >= 4 is 23.4 Å². The van der Waals surface area contributed by atoms with E-state index < -0.39 is 5.54 Å². The van der Waals surface area contributed by atoms with E-state index in [-0.39, 0.29) is 17.6 Å². The van der Waals surface area contributed by atoms with Gasteiger partial charge >= 0.3 is 0 Å². The van der Waals surface area contributed by atoms with E-state index in [0.29, 0.717) is 49.7 Å². The molecule has 0 saturated carbocycles. The number of carbonyl (C=O) groups excluding carboxylic acids is 2. The summed E-state index contributed by atoms with van der Waals surface area (Å²) in [6.07, 6.45) is 1.14. The molecule has 2 saturated heterocycles. The molecular weight excluding hydrogens is 381 g/mol. The Bertz CT molecular complexity index is 878. The Morgan fingerprint density at radius 2 is 1.71 bits per heavy atom. The molecular formula is C21H21ClFN3O2. The SMILES string of the molecule is O=C(c1ccc(F)cc1)N1CCC2(CC1)C(=O)NCN2Cc1ccc(Cl)cc1. The Kier molecular flexibility index (Phi) is 5.08. The Hall–Kier alpha value is -2.44. The first-order valence-corrected chi connectivity index (χ1v) is 9.68. The second-order valence-corrected chi connectivity index (χ2v) is 7.76. The van der Waals surface area contributed by atoms with Crippen molar-refractivity contribution in [2.45, 2.75) is 24.9 Å². The van der Waals surface area contributed by atoms with Gasteiger partial charge in [-0.3, -0.25) is 14.5 Å². The molecule has 2 amide bonds. The second-order valence-electron chi connectivity index (χ2n) is 7.32. The van der Waals surface area contributed by atoms with Crippen molar-refractivity contribution in [2.75, 3.05) is 19.8 Å². The summed E-state index contributed by atoms with van der Waals surface area (Å²) in [5.74, 6) is -0.470. The molecule has 0 aromatic heterocycles. The number of nitrogens with zero attached hydrogens (tertiary/aromatic N) is 2. The first kappa shape index (κ1) is 18.9. The maximum atomic E-state index is 13.1. The van der Waals surface area contributed by atoms with E-state index in [1.807, 2.05) is 24.3 Å². The third-order valence-electron chi connectivity index (χ3n) is 5.71. The van der Waals surface area contributed by atoms with E-state index in [0.717, 1.165) is 5.56 Å². The highest BCUT2D eigenvalue weighted by Gasteiger charge is 2.50. The largest absolute Gasteiger partial charge is 0.342 e. The molecule has 7 heteroatoms. The lowest BCUT2D eigenvalue weighted by Crippen LogP contribution is -2.56. The normalized spacial score (nSPS) is 19.1. The summed E-state index contributed by atoms with van der Waals surface area (Å²) in [6.45, 7) is 2.11. The average molecular weight is 402 g/mol. The number of piperidine rings is 1. The highest BCUT2D eigenvalue weighted by Crippen LogP contribution is 2.34. The minimum absolute atomic E-state index is 0.0235. The van der Waals surface area contributed by atoms with E-state index >= 15 is 0 Å². The van der Waals surface area contributed by atoms with Gasteiger partial charge in [-0.25, -0.2) is 4.39 Å². The van der Waals surface area contributed by atoms with Crippen molar-refractivity contribution in [1.82, 2.24) is 15.1 Å². The second kappa shape index (κ2) is 7.53. The molecule has 28 heavy (non-hydrogen) atoms. The van der Waals surface area contributed by atoms with Gasteiger partial charge in [0.1, 0.15) is 11.4 Å². The first-order chi connectivity index (χ1) is 13.5. The van der Waals surface area contributed by atoms with E-state index in [9.17, 15) is 14.0 Å². The fourth-order valence-corrected chi connectivity index (χ4v) is 4.17. The van der Waals surface area contributed by atoms with Crippen molar-refractivity contribution < 1.29 is 14.0 Å². The Morgan fingerprint density at radius 3 is 2.36 bits per heavy atom. The molecule has 146 valence electrons. The van der Waals surface area contributed by atoms with Gasteiger partial charge in [-0.2, -0.15) is 0 Å². The highest BCUT2D eigenvalue weighted by molar-refractivity contribution is 6.30. The predicted octanol–water partition coefficient (Wildman–Crippen LogP) is 3.04. The van der Waals surface area contributed by atoms with Crippen LogP contribution in [0.2, 0.25) is 5.02 Å². The van der Waals surface area contributed by atoms with Gasteiger partial charge in [0, 0.05) is 30.2 Å². The number of nitrogens with one attached hydrogen (secondary N) is 1. The summed E-state index contributed by atoms with van der Waals surface area (Å²) in [6, 6.07) is 13.2. The topological polar surface area (TPSA) is 52.7 Å². The van der Waals surface area contributed by atoms with Gasteiger partial charge in [0.25, 0.3) is 5.91 Å². The number of hydrogen-bond acceptors (Lipinski definition) is 3. The third kappa shape index (κ3) is 3.50. The molecule has 2 heterocycles. The summed E-state index contributed by atoms with van der Waals surface area (Å²) in [7, 11) is 0. The molecule has 4 rings (SSSR count). The Balaban J connectivity index is 1.46. The van der Waals surface area contributed by atoms with Crippen LogP contribution < -0.4 is 5.32 Å². The quantitative estimate of drug-likeness (QED) is 0.860. The van der Waals surface area contributed by atoms with Gasteiger partial charge in [-0.1, -0.05) is 23.7 Å². The van der Waals surface area contributed by atoms with E-state index in [2.05, 4.69) is 10.2 Å². The van der Waals surface area contributed by atoms with Crippen molar-refractivity contribution in [1.29, 1.82) is 0 Å². The molecule has 0 bridgehead atoms. The molecule has 2 aromatic rings. The van der Waals surface area contributed by atoms with Crippen LogP contribution in [-0.2, 0) is 11.3 Å². The lowest BCUT2D eigenvalue weighted by molar-refractivity contribution is -0.129. The molecule has 2 fully saturated rings. The summed E-state index contributed by atoms with van der Waals surface area (Å²) in [4.78, 5) is 29.2. The fourth-order valence-electron chi connectivity index (χ4n) is 4.04. The Labute approximate surface area is 168 Å². The summed E-state index contributed by atoms with van der Waals surface area (Å²) < 4.78 is 13.1. The molecule has 2 aliphatic heterocycles. The minimum Gasteiger partial charge on any atom is -0.342 e. The molecule has 2 aromatic carbocycles. The maximum absolute atomic E-state index is 13.1. The van der Waals surface area contributed by atoms with Crippen molar-refractivity contribution in [3.63, 3.8) is 0 Å². The fraction of sp³-hybridized carbons (Fsp3) is 0.333. The van der Waals surface area contributed by atoms with Crippen LogP contribution in [0.5, 0.6) is 0 Å². The molecule has 0 aliphatic carbocycles. The van der Waals surface area contributed by atoms with Crippen LogP contribution in [-0.4, -0.2) is 46.9 Å². The number of benzene rings is 2. The van der Waals surface area contributed by atoms with E-state index in [1.165, 1.54) is 24.3 Å². The monoisotopic (exact) mass is 401 g/mol. The first-order valence-electron chi connectivity index (χ1n) is 9.31. The maximum Gasteiger partial charge on any atom is 0.253 e. The summed E-state index contributed by atoms with van der Waals surface area (Å²) in [5.41, 5.74) is 0.954. The summed E-state index contributed by atoms with van der Waals surface area (Å²) >= 11 is 5.96. The lowest BCUT2D eigenvalue weighted by atomic mass is 9.85. The van der Waals surface area contributed by atoms with Crippen molar-refractivity contribution in [3.05, 3.63) is 70.5 Å². The zero-order valence-electron chi connectivity index (χ0n) is 15.3. The number of halogens is 2. The van der Waals surface area contributed by atoms with E-state index in [1.54, 1.807) is 4.90 Å². The molecule has 0 atom stereocenters. The molecule has 1 N–H and O–H groups in total. The standard InChI is InChI=1S/C21H21ClFN3O2/c22-17-5-1-15(2-6-17)13-26-14-24-20(28)21(26)9-11-25(12-10-21)19(27)16-3-7-18(23)8-4-16/h1-8H,9-14H2,(H,24,28). The van der Waals surface area contributed by atoms with Crippen molar-refractivity contribution in [2.24, 2.45) is 0 Å². The van der Waals surface area contributed by atoms with Gasteiger partial charge in [-0.05, 0) is 54.8 Å². The number of hydrogen-bond donors (Lipinski definition) is 1.